The smallest absolute Gasteiger partial charge is 0.351 e. The van der Waals surface area contributed by atoms with Gasteiger partial charge in [-0.25, -0.2) is 0 Å². The number of halogens is 3. The van der Waals surface area contributed by atoms with Crippen molar-refractivity contribution >= 4 is 17.6 Å². The first-order chi connectivity index (χ1) is 15.3. The van der Waals surface area contributed by atoms with Crippen LogP contribution in [0.4, 0.5) is 13.2 Å². The fraction of sp³-hybridized carbons (Fsp3) is 0.625. The minimum Gasteiger partial charge on any atom is -0.351 e. The van der Waals surface area contributed by atoms with E-state index in [1.165, 1.54) is 6.07 Å². The molecule has 0 spiro atoms. The van der Waals surface area contributed by atoms with Gasteiger partial charge in [0.25, 0.3) is 5.91 Å². The molecule has 1 aliphatic rings. The Morgan fingerprint density at radius 3 is 2.36 bits per heavy atom. The quantitative estimate of drug-likeness (QED) is 0.609. The molecule has 2 amide bonds. The molecule has 0 aromatic heterocycles. The summed E-state index contributed by atoms with van der Waals surface area (Å²) in [4.78, 5) is 39.9. The lowest BCUT2D eigenvalue weighted by molar-refractivity contribution is -0.137. The Labute approximate surface area is 193 Å². The van der Waals surface area contributed by atoms with E-state index in [1.807, 2.05) is 20.9 Å². The average molecular weight is 470 g/mol. The third kappa shape index (κ3) is 7.28. The Bertz CT molecular complexity index is 855. The summed E-state index contributed by atoms with van der Waals surface area (Å²) in [7, 11) is 2.04. The summed E-state index contributed by atoms with van der Waals surface area (Å²) >= 11 is 0. The van der Waals surface area contributed by atoms with Gasteiger partial charge in [0.05, 0.1) is 12.1 Å². The van der Waals surface area contributed by atoms with E-state index in [-0.39, 0.29) is 41.8 Å². The molecule has 184 valence electrons. The molecule has 0 unspecified atom stereocenters. The zero-order valence-corrected chi connectivity index (χ0v) is 19.8. The van der Waals surface area contributed by atoms with E-state index in [0.29, 0.717) is 18.9 Å². The first kappa shape index (κ1) is 26.8. The first-order valence-corrected chi connectivity index (χ1v) is 11.3. The highest BCUT2D eigenvalue weighted by Crippen LogP contribution is 2.31. The molecule has 1 aromatic carbocycles. The molecule has 1 aliphatic carbocycles. The second kappa shape index (κ2) is 11.1. The van der Waals surface area contributed by atoms with Gasteiger partial charge in [-0.15, -0.1) is 0 Å². The molecule has 33 heavy (non-hydrogen) atoms. The van der Waals surface area contributed by atoms with E-state index in [4.69, 9.17) is 0 Å². The summed E-state index contributed by atoms with van der Waals surface area (Å²) in [5, 5.41) is 5.23. The SMILES string of the molecule is CC(C)C(=O)[C@H]1C[C@H](N(C)C(C)C)CC[C@H]1NC(=O)CNC(=O)c1cccc(C(F)(F)F)c1. The normalized spacial score (nSPS) is 21.4. The highest BCUT2D eigenvalue weighted by atomic mass is 19.4. The lowest BCUT2D eigenvalue weighted by Gasteiger charge is -2.41. The number of Topliss-reactive ketones (excluding diaryl/α,β-unsaturated/α-hetero) is 1. The van der Waals surface area contributed by atoms with Crippen molar-refractivity contribution in [2.75, 3.05) is 13.6 Å². The van der Waals surface area contributed by atoms with Gasteiger partial charge in [0, 0.05) is 35.5 Å². The number of alkyl halides is 3. The van der Waals surface area contributed by atoms with Gasteiger partial charge in [0.15, 0.2) is 0 Å². The number of benzene rings is 1. The molecule has 3 atom stereocenters. The van der Waals surface area contributed by atoms with Gasteiger partial charge in [0.1, 0.15) is 5.78 Å². The zero-order chi connectivity index (χ0) is 24.9. The number of nitrogens with one attached hydrogen (secondary N) is 2. The van der Waals surface area contributed by atoms with Gasteiger partial charge in [-0.2, -0.15) is 13.2 Å². The maximum atomic E-state index is 12.9. The van der Waals surface area contributed by atoms with E-state index in [0.717, 1.165) is 24.6 Å². The Balaban J connectivity index is 2.00. The van der Waals surface area contributed by atoms with Crippen molar-refractivity contribution in [3.63, 3.8) is 0 Å². The third-order valence-corrected chi connectivity index (χ3v) is 6.36. The van der Waals surface area contributed by atoms with E-state index in [9.17, 15) is 27.6 Å². The lowest BCUT2D eigenvalue weighted by atomic mass is 9.76. The summed E-state index contributed by atoms with van der Waals surface area (Å²) in [6, 6.07) is 4.27. The topological polar surface area (TPSA) is 78.5 Å². The molecular formula is C24H34F3N3O3. The maximum absolute atomic E-state index is 12.9. The summed E-state index contributed by atoms with van der Waals surface area (Å²) in [5.41, 5.74) is -1.11. The number of amides is 2. The Kier molecular flexibility index (Phi) is 9.05. The molecule has 1 fully saturated rings. The van der Waals surface area contributed by atoms with Crippen LogP contribution in [0.2, 0.25) is 0 Å². The monoisotopic (exact) mass is 469 g/mol. The minimum atomic E-state index is -4.56. The number of nitrogens with zero attached hydrogens (tertiary/aromatic N) is 1. The standard InChI is InChI=1S/C24H34F3N3O3/c1-14(2)22(32)19-12-18(30(5)15(3)4)9-10-20(19)29-21(31)13-28-23(33)16-7-6-8-17(11-16)24(25,26)27/h6-8,11,14-15,18-20H,9-10,12-13H2,1-5H3,(H,28,33)(H,29,31)/t18-,19+,20-/m1/s1. The molecule has 9 heteroatoms. The summed E-state index contributed by atoms with van der Waals surface area (Å²) in [5.74, 6) is -1.65. The second-order valence-electron chi connectivity index (χ2n) is 9.32. The van der Waals surface area contributed by atoms with Gasteiger partial charge in [-0.3, -0.25) is 14.4 Å². The molecule has 6 nitrogen and oxygen atoms in total. The maximum Gasteiger partial charge on any atom is 0.416 e. The highest BCUT2D eigenvalue weighted by molar-refractivity contribution is 5.96. The molecule has 2 N–H and O–H groups in total. The molecule has 0 aliphatic heterocycles. The van der Waals surface area contributed by atoms with Gasteiger partial charge < -0.3 is 15.5 Å². The van der Waals surface area contributed by atoms with E-state index in [1.54, 1.807) is 0 Å². The molecule has 1 saturated carbocycles. The van der Waals surface area contributed by atoms with Crippen molar-refractivity contribution in [1.82, 2.24) is 15.5 Å². The Morgan fingerprint density at radius 2 is 1.79 bits per heavy atom. The van der Waals surface area contributed by atoms with Crippen molar-refractivity contribution in [2.24, 2.45) is 11.8 Å². The number of carbonyl (C=O) groups is 3. The van der Waals surface area contributed by atoms with E-state index in [2.05, 4.69) is 29.4 Å². The Hall–Kier alpha value is -2.42. The van der Waals surface area contributed by atoms with Gasteiger partial charge in [-0.05, 0) is 58.4 Å². The van der Waals surface area contributed by atoms with E-state index < -0.39 is 23.6 Å². The number of hydrogen-bond acceptors (Lipinski definition) is 4. The molecule has 2 rings (SSSR count). The largest absolute Gasteiger partial charge is 0.416 e. The first-order valence-electron chi connectivity index (χ1n) is 11.3. The third-order valence-electron chi connectivity index (χ3n) is 6.36. The summed E-state index contributed by atoms with van der Waals surface area (Å²) in [6.45, 7) is 7.49. The van der Waals surface area contributed by atoms with E-state index >= 15 is 0 Å². The van der Waals surface area contributed by atoms with Crippen LogP contribution in [0.15, 0.2) is 24.3 Å². The average Bonchev–Trinajstić information content (AvgIpc) is 2.76. The van der Waals surface area contributed by atoms with Crippen molar-refractivity contribution in [2.45, 2.75) is 71.3 Å². The fourth-order valence-electron chi connectivity index (χ4n) is 4.21. The van der Waals surface area contributed by atoms with Crippen LogP contribution in [0.1, 0.15) is 62.9 Å². The minimum absolute atomic E-state index is 0.0927. The summed E-state index contributed by atoms with van der Waals surface area (Å²) in [6.07, 6.45) is -2.45. The highest BCUT2D eigenvalue weighted by Gasteiger charge is 2.38. The van der Waals surface area contributed by atoms with Gasteiger partial charge in [-0.1, -0.05) is 19.9 Å². The molecule has 0 bridgehead atoms. The number of hydrogen-bond donors (Lipinski definition) is 2. The van der Waals surface area contributed by atoms with Crippen molar-refractivity contribution in [3.8, 4) is 0 Å². The molecule has 0 saturated heterocycles. The van der Waals surface area contributed by atoms with Crippen LogP contribution < -0.4 is 10.6 Å². The number of carbonyl (C=O) groups excluding carboxylic acids is 3. The van der Waals surface area contributed by atoms with Crippen molar-refractivity contribution in [3.05, 3.63) is 35.4 Å². The van der Waals surface area contributed by atoms with Gasteiger partial charge in [0.2, 0.25) is 5.91 Å². The summed E-state index contributed by atoms with van der Waals surface area (Å²) < 4.78 is 38.6. The van der Waals surface area contributed by atoms with Crippen LogP contribution in [0, 0.1) is 11.8 Å². The van der Waals surface area contributed by atoms with Crippen LogP contribution >= 0.6 is 0 Å². The number of ketones is 1. The number of rotatable bonds is 8. The lowest BCUT2D eigenvalue weighted by Crippen LogP contribution is -2.53. The van der Waals surface area contributed by atoms with Crippen LogP contribution in [0.25, 0.3) is 0 Å². The fourth-order valence-corrected chi connectivity index (χ4v) is 4.21. The van der Waals surface area contributed by atoms with Crippen LogP contribution in [0.5, 0.6) is 0 Å². The predicted octanol–water partition coefficient (Wildman–Crippen LogP) is 3.65. The van der Waals surface area contributed by atoms with Gasteiger partial charge >= 0.3 is 6.18 Å². The van der Waals surface area contributed by atoms with Crippen LogP contribution in [-0.2, 0) is 15.8 Å². The molecule has 0 heterocycles. The molecule has 1 aromatic rings. The van der Waals surface area contributed by atoms with Crippen LogP contribution in [0.3, 0.4) is 0 Å². The van der Waals surface area contributed by atoms with Crippen molar-refractivity contribution in [1.29, 1.82) is 0 Å². The zero-order valence-electron chi connectivity index (χ0n) is 19.8. The van der Waals surface area contributed by atoms with Crippen molar-refractivity contribution < 1.29 is 27.6 Å². The molecule has 0 radical (unpaired) electrons. The molecular weight excluding hydrogens is 435 g/mol. The Morgan fingerprint density at radius 1 is 1.12 bits per heavy atom. The van der Waals surface area contributed by atoms with Crippen LogP contribution in [-0.4, -0.2) is 54.2 Å². The second-order valence-corrected chi connectivity index (χ2v) is 9.32. The predicted molar refractivity (Wildman–Crippen MR) is 120 cm³/mol.